The Hall–Kier alpha value is -2.61. The Morgan fingerprint density at radius 2 is 1.86 bits per heavy atom. The number of esters is 1. The van der Waals surface area contributed by atoms with Gasteiger partial charge in [0.1, 0.15) is 5.82 Å². The molecule has 28 heavy (non-hydrogen) atoms. The number of fused-ring (bicyclic) bond motifs is 1. The maximum atomic E-state index is 13.3. The zero-order valence-corrected chi connectivity index (χ0v) is 17.4. The number of nitrogens with one attached hydrogen (secondary N) is 1. The predicted octanol–water partition coefficient (Wildman–Crippen LogP) is -0.354. The van der Waals surface area contributed by atoms with Crippen LogP contribution >= 0.6 is 0 Å². The summed E-state index contributed by atoms with van der Waals surface area (Å²) in [6.07, 6.45) is 2.79. The minimum atomic E-state index is -1.67. The van der Waals surface area contributed by atoms with Gasteiger partial charge in [-0.2, -0.15) is 0 Å². The molecular formula is C20H16FN2NaO4. The number of carbonyl (C=O) groups is 2. The minimum Gasteiger partial charge on any atom is -0.544 e. The molecule has 1 aromatic heterocycles. The quantitative estimate of drug-likeness (QED) is 0.204. The van der Waals surface area contributed by atoms with Crippen LogP contribution in [0.5, 0.6) is 0 Å². The number of benzene rings is 2. The van der Waals surface area contributed by atoms with Crippen molar-refractivity contribution in [1.82, 2.24) is 4.98 Å². The van der Waals surface area contributed by atoms with Gasteiger partial charge in [-0.15, -0.1) is 0 Å². The Balaban J connectivity index is 0.00000280. The molecule has 0 atom stereocenters. The van der Waals surface area contributed by atoms with E-state index >= 15 is 0 Å². The molecule has 3 rings (SSSR count). The largest absolute Gasteiger partial charge is 1.00 e. The minimum absolute atomic E-state index is 0. The van der Waals surface area contributed by atoms with E-state index in [1.165, 1.54) is 29.2 Å². The van der Waals surface area contributed by atoms with E-state index in [0.29, 0.717) is 11.4 Å². The molecule has 0 unspecified atom stereocenters. The normalized spacial score (nSPS) is 11.0. The predicted molar refractivity (Wildman–Crippen MR) is 96.6 cm³/mol. The Morgan fingerprint density at radius 1 is 1.18 bits per heavy atom. The van der Waals surface area contributed by atoms with E-state index in [2.05, 4.69) is 4.98 Å². The van der Waals surface area contributed by atoms with E-state index in [-0.39, 0.29) is 36.2 Å². The molecule has 138 valence electrons. The third kappa shape index (κ3) is 4.62. The molecule has 6 nitrogen and oxygen atoms in total. The molecule has 0 aliphatic rings. The number of aromatic nitrogens is 1. The number of para-hydroxylation sites is 1. The molecule has 1 heterocycles. The zero-order valence-electron chi connectivity index (χ0n) is 15.4. The zero-order chi connectivity index (χ0) is 19.4. The number of carboxylic acid groups (broad SMARTS) is 1. The molecule has 0 bridgehead atoms. The number of H-pyrrole nitrogens is 1. The maximum Gasteiger partial charge on any atom is 1.00 e. The topological polar surface area (TPSA) is 85.5 Å². The van der Waals surface area contributed by atoms with E-state index in [0.717, 1.165) is 17.1 Å². The van der Waals surface area contributed by atoms with E-state index in [9.17, 15) is 19.1 Å². The average molecular weight is 390 g/mol. The number of hydrogen-bond donors (Lipinski definition) is 1. The number of nitrogens with zero attached hydrogens (tertiary/aromatic N) is 1. The Kier molecular flexibility index (Phi) is 7.39. The molecule has 0 fully saturated rings. The summed E-state index contributed by atoms with van der Waals surface area (Å²) >= 11 is 0. The Morgan fingerprint density at radius 3 is 2.50 bits per heavy atom. The number of aromatic amines is 1. The fourth-order valence-electron chi connectivity index (χ4n) is 2.67. The van der Waals surface area contributed by atoms with Crippen LogP contribution in [0.3, 0.4) is 0 Å². The standard InChI is InChI=1S/C20H17FN2O4.Na/c1-2-27-20(26)16(19(24)25)12-23(14-9-7-13(21)8-10-14)18-11-22-17-6-4-3-5-15(17)18;/h3-12,22H,2H2,1H3,(H,24,25);/q;+1/p-1/b16-12+;. The molecule has 2 aromatic carbocycles. The van der Waals surface area contributed by atoms with Gasteiger partial charge in [-0.05, 0) is 37.3 Å². The van der Waals surface area contributed by atoms with E-state index in [4.69, 9.17) is 4.74 Å². The van der Waals surface area contributed by atoms with Gasteiger partial charge >= 0.3 is 35.5 Å². The number of carbonyl (C=O) groups excluding carboxylic acids is 2. The van der Waals surface area contributed by atoms with Gasteiger partial charge in [-0.1, -0.05) is 18.2 Å². The molecule has 0 amide bonds. The van der Waals surface area contributed by atoms with Crippen molar-refractivity contribution in [1.29, 1.82) is 0 Å². The number of rotatable bonds is 6. The van der Waals surface area contributed by atoms with Crippen LogP contribution in [0.25, 0.3) is 10.9 Å². The average Bonchev–Trinajstić information content (AvgIpc) is 3.07. The number of anilines is 2. The molecule has 1 N–H and O–H groups in total. The van der Waals surface area contributed by atoms with Gasteiger partial charge in [0.15, 0.2) is 0 Å². The summed E-state index contributed by atoms with van der Waals surface area (Å²) in [6, 6.07) is 12.8. The number of carboxylic acids is 1. The summed E-state index contributed by atoms with van der Waals surface area (Å²) in [5, 5.41) is 12.3. The van der Waals surface area contributed by atoms with Crippen molar-refractivity contribution < 1.29 is 53.4 Å². The first-order chi connectivity index (χ1) is 13.0. The second-order valence-electron chi connectivity index (χ2n) is 5.62. The molecule has 0 spiro atoms. The number of halogens is 1. The van der Waals surface area contributed by atoms with Crippen molar-refractivity contribution in [3.8, 4) is 0 Å². The van der Waals surface area contributed by atoms with Crippen molar-refractivity contribution in [2.75, 3.05) is 11.5 Å². The van der Waals surface area contributed by atoms with E-state index < -0.39 is 23.3 Å². The van der Waals surface area contributed by atoms with Crippen LogP contribution < -0.4 is 39.6 Å². The van der Waals surface area contributed by atoms with Crippen molar-refractivity contribution in [3.05, 3.63) is 72.3 Å². The third-order valence-electron chi connectivity index (χ3n) is 3.91. The Bertz CT molecular complexity index is 1010. The second kappa shape index (κ2) is 9.54. The van der Waals surface area contributed by atoms with Crippen LogP contribution in [0.15, 0.2) is 66.5 Å². The van der Waals surface area contributed by atoms with Gasteiger partial charge in [-0.3, -0.25) is 0 Å². The molecule has 0 saturated heterocycles. The first-order valence-corrected chi connectivity index (χ1v) is 8.22. The first kappa shape index (κ1) is 21.7. The van der Waals surface area contributed by atoms with Crippen LogP contribution in [0, 0.1) is 5.82 Å². The molecule has 3 aromatic rings. The SMILES string of the molecule is CCOC(=O)/C(=C/N(c1ccc(F)cc1)c1c[nH]c2ccccc12)C(=O)[O-].[Na+]. The van der Waals surface area contributed by atoms with E-state index in [1.54, 1.807) is 13.1 Å². The van der Waals surface area contributed by atoms with Crippen LogP contribution in [0.2, 0.25) is 0 Å². The van der Waals surface area contributed by atoms with Crippen molar-refractivity contribution >= 4 is 34.2 Å². The maximum absolute atomic E-state index is 13.3. The summed E-state index contributed by atoms with van der Waals surface area (Å²) in [6.45, 7) is 1.59. The molecule has 0 radical (unpaired) electrons. The molecule has 0 saturated carbocycles. The fraction of sp³-hybridized carbons (Fsp3) is 0.100. The van der Waals surface area contributed by atoms with Gasteiger partial charge in [0, 0.05) is 29.0 Å². The number of hydrogen-bond acceptors (Lipinski definition) is 5. The van der Waals surface area contributed by atoms with E-state index in [1.807, 2.05) is 24.3 Å². The molecular weight excluding hydrogens is 374 g/mol. The van der Waals surface area contributed by atoms with Crippen molar-refractivity contribution in [2.45, 2.75) is 6.92 Å². The summed E-state index contributed by atoms with van der Waals surface area (Å²) < 4.78 is 18.2. The van der Waals surface area contributed by atoms with Crippen molar-refractivity contribution in [3.63, 3.8) is 0 Å². The number of ether oxygens (including phenoxy) is 1. The third-order valence-corrected chi connectivity index (χ3v) is 3.91. The molecule has 0 aliphatic heterocycles. The number of aliphatic carboxylic acids is 1. The van der Waals surface area contributed by atoms with Gasteiger partial charge in [-0.25, -0.2) is 9.18 Å². The molecule has 8 heteroatoms. The molecule has 0 aliphatic carbocycles. The summed E-state index contributed by atoms with van der Waals surface area (Å²) in [5.74, 6) is -3.11. The van der Waals surface area contributed by atoms with Crippen molar-refractivity contribution in [2.24, 2.45) is 0 Å². The van der Waals surface area contributed by atoms with Gasteiger partial charge < -0.3 is 24.5 Å². The van der Waals surface area contributed by atoms with Crippen LogP contribution in [0.4, 0.5) is 15.8 Å². The smallest absolute Gasteiger partial charge is 0.544 e. The summed E-state index contributed by atoms with van der Waals surface area (Å²) in [4.78, 5) is 28.1. The van der Waals surface area contributed by atoms with Crippen LogP contribution in [0.1, 0.15) is 6.92 Å². The summed E-state index contributed by atoms with van der Waals surface area (Å²) in [5.41, 5.74) is 1.22. The summed E-state index contributed by atoms with van der Waals surface area (Å²) in [7, 11) is 0. The monoisotopic (exact) mass is 390 g/mol. The van der Waals surface area contributed by atoms with Gasteiger partial charge in [0.05, 0.1) is 23.8 Å². The van der Waals surface area contributed by atoms with Gasteiger partial charge in [0.2, 0.25) is 0 Å². The Labute approximate surface area is 182 Å². The van der Waals surface area contributed by atoms with Crippen LogP contribution in [-0.2, 0) is 14.3 Å². The fourth-order valence-corrected chi connectivity index (χ4v) is 2.67. The second-order valence-corrected chi connectivity index (χ2v) is 5.62. The first-order valence-electron chi connectivity index (χ1n) is 8.22. The van der Waals surface area contributed by atoms with Gasteiger partial charge in [0.25, 0.3) is 0 Å². The van der Waals surface area contributed by atoms with Crippen LogP contribution in [-0.4, -0.2) is 23.5 Å².